The summed E-state index contributed by atoms with van der Waals surface area (Å²) in [7, 11) is 1.58. The van der Waals surface area contributed by atoms with Gasteiger partial charge in [0.1, 0.15) is 5.75 Å². The monoisotopic (exact) mass is 373 g/mol. The summed E-state index contributed by atoms with van der Waals surface area (Å²) < 4.78 is 11.2. The van der Waals surface area contributed by atoms with E-state index in [0.717, 1.165) is 25.1 Å². The van der Waals surface area contributed by atoms with Crippen LogP contribution in [0.1, 0.15) is 24.5 Å². The highest BCUT2D eigenvalue weighted by atomic mass is 35.5. The van der Waals surface area contributed by atoms with Gasteiger partial charge in [0.15, 0.2) is 5.96 Å². The van der Waals surface area contributed by atoms with Crippen molar-refractivity contribution in [1.82, 2.24) is 0 Å². The summed E-state index contributed by atoms with van der Waals surface area (Å²) in [6.45, 7) is 1.40. The Morgan fingerprint density at radius 3 is 2.85 bits per heavy atom. The lowest BCUT2D eigenvalue weighted by molar-refractivity contribution is -0.0249. The molecule has 0 radical (unpaired) electrons. The summed E-state index contributed by atoms with van der Waals surface area (Å²) in [5.74, 6) is 1.30. The van der Waals surface area contributed by atoms with Crippen molar-refractivity contribution >= 4 is 23.2 Å². The average molecular weight is 374 g/mol. The fraction of sp³-hybridized carbons (Fsp3) is 0.350. The number of rotatable bonds is 5. The fourth-order valence-corrected chi connectivity index (χ4v) is 3.45. The first-order chi connectivity index (χ1) is 12.7. The second-order valence-electron chi connectivity index (χ2n) is 6.30. The van der Waals surface area contributed by atoms with E-state index in [1.165, 1.54) is 5.56 Å². The standard InChI is InChI=1S/C20H24ClN3O2/c1-25-18-10-9-16(12-17(18)21)24-20(22)23-13-15-8-5-11-26-19(15)14-6-3-2-4-7-14/h2-4,6-7,9-10,12,15,19H,5,8,11,13H2,1H3,(H3,22,23,24). The predicted octanol–water partition coefficient (Wildman–Crippen LogP) is 4.24. The van der Waals surface area contributed by atoms with Gasteiger partial charge in [-0.3, -0.25) is 4.99 Å². The number of guanidine groups is 1. The number of nitrogens with two attached hydrogens (primary N) is 1. The van der Waals surface area contributed by atoms with Crippen LogP contribution >= 0.6 is 11.6 Å². The van der Waals surface area contributed by atoms with E-state index < -0.39 is 0 Å². The Kier molecular flexibility index (Phi) is 6.36. The normalized spacial score (nSPS) is 20.6. The number of nitrogens with one attached hydrogen (secondary N) is 1. The van der Waals surface area contributed by atoms with E-state index in [1.54, 1.807) is 19.2 Å². The summed E-state index contributed by atoms with van der Waals surface area (Å²) in [5, 5.41) is 3.60. The van der Waals surface area contributed by atoms with Gasteiger partial charge in [-0.25, -0.2) is 0 Å². The summed E-state index contributed by atoms with van der Waals surface area (Å²) in [6.07, 6.45) is 2.19. The van der Waals surface area contributed by atoms with Gasteiger partial charge in [0.05, 0.1) is 18.2 Å². The lowest BCUT2D eigenvalue weighted by atomic mass is 9.89. The quantitative estimate of drug-likeness (QED) is 0.607. The first-order valence-electron chi connectivity index (χ1n) is 8.74. The first-order valence-corrected chi connectivity index (χ1v) is 9.12. The highest BCUT2D eigenvalue weighted by molar-refractivity contribution is 6.32. The van der Waals surface area contributed by atoms with E-state index in [1.807, 2.05) is 24.3 Å². The van der Waals surface area contributed by atoms with E-state index in [4.69, 9.17) is 26.8 Å². The molecule has 0 bridgehead atoms. The number of halogens is 1. The smallest absolute Gasteiger partial charge is 0.193 e. The van der Waals surface area contributed by atoms with Crippen LogP contribution in [0.4, 0.5) is 5.69 Å². The predicted molar refractivity (Wildman–Crippen MR) is 106 cm³/mol. The molecule has 0 amide bonds. The SMILES string of the molecule is COc1ccc(NC(N)=NCC2CCCOC2c2ccccc2)cc1Cl. The minimum atomic E-state index is 0.0666. The van der Waals surface area contributed by atoms with E-state index in [9.17, 15) is 0 Å². The Balaban J connectivity index is 1.64. The largest absolute Gasteiger partial charge is 0.495 e. The maximum Gasteiger partial charge on any atom is 0.193 e. The zero-order valence-electron chi connectivity index (χ0n) is 14.8. The van der Waals surface area contributed by atoms with Crippen molar-refractivity contribution in [2.24, 2.45) is 16.6 Å². The number of ether oxygens (including phenoxy) is 2. The molecule has 2 aromatic carbocycles. The second-order valence-corrected chi connectivity index (χ2v) is 6.71. The topological polar surface area (TPSA) is 68.9 Å². The molecule has 0 saturated carbocycles. The summed E-state index contributed by atoms with van der Waals surface area (Å²) in [4.78, 5) is 4.52. The van der Waals surface area contributed by atoms with Crippen LogP contribution in [0.2, 0.25) is 5.02 Å². The zero-order chi connectivity index (χ0) is 18.4. The van der Waals surface area contributed by atoms with Gasteiger partial charge >= 0.3 is 0 Å². The third-order valence-electron chi connectivity index (χ3n) is 4.49. The highest BCUT2D eigenvalue weighted by Gasteiger charge is 2.27. The van der Waals surface area contributed by atoms with Crippen LogP contribution in [0.3, 0.4) is 0 Å². The van der Waals surface area contributed by atoms with Crippen molar-refractivity contribution in [2.75, 3.05) is 25.6 Å². The molecule has 1 heterocycles. The van der Waals surface area contributed by atoms with Crippen LogP contribution in [0.5, 0.6) is 5.75 Å². The summed E-state index contributed by atoms with van der Waals surface area (Å²) >= 11 is 6.14. The molecule has 26 heavy (non-hydrogen) atoms. The first kappa shape index (κ1) is 18.5. The molecule has 1 aliphatic rings. The van der Waals surface area contributed by atoms with Crippen LogP contribution in [0.15, 0.2) is 53.5 Å². The fourth-order valence-electron chi connectivity index (χ4n) is 3.19. The van der Waals surface area contributed by atoms with Crippen molar-refractivity contribution in [1.29, 1.82) is 0 Å². The molecular weight excluding hydrogens is 350 g/mol. The minimum Gasteiger partial charge on any atom is -0.495 e. The molecule has 1 aliphatic heterocycles. The van der Waals surface area contributed by atoms with Crippen LogP contribution in [-0.2, 0) is 4.74 Å². The molecule has 3 N–H and O–H groups in total. The van der Waals surface area contributed by atoms with Gasteiger partial charge in [-0.15, -0.1) is 0 Å². The molecular formula is C20H24ClN3O2. The summed E-state index contributed by atoms with van der Waals surface area (Å²) in [6, 6.07) is 15.7. The number of hydrogen-bond donors (Lipinski definition) is 2. The minimum absolute atomic E-state index is 0.0666. The molecule has 1 fully saturated rings. The molecule has 1 saturated heterocycles. The van der Waals surface area contributed by atoms with Crippen LogP contribution in [-0.4, -0.2) is 26.2 Å². The van der Waals surface area contributed by atoms with Crippen molar-refractivity contribution in [3.63, 3.8) is 0 Å². The lowest BCUT2D eigenvalue weighted by Crippen LogP contribution is -2.28. The molecule has 3 rings (SSSR count). The Morgan fingerprint density at radius 2 is 2.12 bits per heavy atom. The van der Waals surface area contributed by atoms with Gasteiger partial charge in [0, 0.05) is 24.8 Å². The van der Waals surface area contributed by atoms with Crippen molar-refractivity contribution in [3.8, 4) is 5.75 Å². The molecule has 2 aromatic rings. The molecule has 6 heteroatoms. The molecule has 5 nitrogen and oxygen atoms in total. The Bertz CT molecular complexity index is 752. The van der Waals surface area contributed by atoms with Crippen molar-refractivity contribution in [2.45, 2.75) is 18.9 Å². The molecule has 0 aromatic heterocycles. The van der Waals surface area contributed by atoms with Crippen molar-refractivity contribution in [3.05, 3.63) is 59.1 Å². The number of nitrogens with zero attached hydrogens (tertiary/aromatic N) is 1. The number of methoxy groups -OCH3 is 1. The number of aliphatic imine (C=N–C) groups is 1. The van der Waals surface area contributed by atoms with E-state index in [-0.39, 0.29) is 6.10 Å². The highest BCUT2D eigenvalue weighted by Crippen LogP contribution is 2.33. The van der Waals surface area contributed by atoms with Gasteiger partial charge in [-0.05, 0) is 36.6 Å². The van der Waals surface area contributed by atoms with Gasteiger partial charge in [0.2, 0.25) is 0 Å². The van der Waals surface area contributed by atoms with Gasteiger partial charge in [-0.1, -0.05) is 41.9 Å². The molecule has 138 valence electrons. The number of hydrogen-bond acceptors (Lipinski definition) is 3. The third-order valence-corrected chi connectivity index (χ3v) is 4.79. The average Bonchev–Trinajstić information content (AvgIpc) is 2.67. The number of anilines is 1. The molecule has 2 unspecified atom stereocenters. The van der Waals surface area contributed by atoms with E-state index in [0.29, 0.717) is 29.2 Å². The Hall–Kier alpha value is -2.24. The lowest BCUT2D eigenvalue weighted by Gasteiger charge is -2.31. The van der Waals surface area contributed by atoms with E-state index in [2.05, 4.69) is 22.4 Å². The van der Waals surface area contributed by atoms with Crippen LogP contribution in [0, 0.1) is 5.92 Å². The second kappa shape index (κ2) is 8.92. The molecule has 0 spiro atoms. The van der Waals surface area contributed by atoms with Gasteiger partial charge in [0.25, 0.3) is 0 Å². The Morgan fingerprint density at radius 1 is 1.31 bits per heavy atom. The maximum atomic E-state index is 6.14. The van der Waals surface area contributed by atoms with Crippen LogP contribution < -0.4 is 15.8 Å². The third kappa shape index (κ3) is 4.68. The molecule has 0 aliphatic carbocycles. The van der Waals surface area contributed by atoms with Gasteiger partial charge < -0.3 is 20.5 Å². The van der Waals surface area contributed by atoms with Crippen LogP contribution in [0.25, 0.3) is 0 Å². The number of benzene rings is 2. The summed E-state index contributed by atoms with van der Waals surface area (Å²) in [5.41, 5.74) is 8.02. The Labute approximate surface area is 159 Å². The molecule has 2 atom stereocenters. The van der Waals surface area contributed by atoms with Crippen molar-refractivity contribution < 1.29 is 9.47 Å². The maximum absolute atomic E-state index is 6.14. The van der Waals surface area contributed by atoms with E-state index >= 15 is 0 Å². The van der Waals surface area contributed by atoms with Gasteiger partial charge in [-0.2, -0.15) is 0 Å². The zero-order valence-corrected chi connectivity index (χ0v) is 15.6.